The fourth-order valence-corrected chi connectivity index (χ4v) is 1.64. The summed E-state index contributed by atoms with van der Waals surface area (Å²) >= 11 is 0. The maximum Gasteiger partial charge on any atom is 0.345 e. The van der Waals surface area contributed by atoms with Crippen molar-refractivity contribution in [3.63, 3.8) is 0 Å². The van der Waals surface area contributed by atoms with E-state index in [-0.39, 0.29) is 0 Å². The molecule has 0 fully saturated rings. The van der Waals surface area contributed by atoms with Gasteiger partial charge in [-0.1, -0.05) is 6.07 Å². The van der Waals surface area contributed by atoms with Gasteiger partial charge in [-0.25, -0.2) is 4.79 Å². The lowest BCUT2D eigenvalue weighted by molar-refractivity contribution is -0.144. The van der Waals surface area contributed by atoms with Gasteiger partial charge in [0.15, 0.2) is 6.10 Å². The minimum atomic E-state index is -0.944. The first kappa shape index (κ1) is 8.87. The van der Waals surface area contributed by atoms with Crippen molar-refractivity contribution in [2.45, 2.75) is 19.4 Å². The maximum absolute atomic E-state index is 10.7. The van der Waals surface area contributed by atoms with Gasteiger partial charge in [-0.15, -0.1) is 0 Å². The number of carbonyl (C=O) groups is 1. The van der Waals surface area contributed by atoms with Crippen LogP contribution in [0.15, 0.2) is 12.1 Å². The van der Waals surface area contributed by atoms with Crippen LogP contribution in [0.2, 0.25) is 0 Å². The van der Waals surface area contributed by atoms with E-state index in [1.807, 2.05) is 13.0 Å². The Morgan fingerprint density at radius 1 is 1.64 bits per heavy atom. The molecule has 2 rings (SSSR count). The summed E-state index contributed by atoms with van der Waals surface area (Å²) in [5, 5.41) is 8.80. The first-order chi connectivity index (χ1) is 6.59. The minimum absolute atomic E-state index is 0.359. The topological polar surface area (TPSA) is 72.5 Å². The number of hydrogen-bond acceptors (Lipinski definition) is 3. The summed E-state index contributed by atoms with van der Waals surface area (Å²) in [7, 11) is 0. The van der Waals surface area contributed by atoms with Gasteiger partial charge in [0.25, 0.3) is 0 Å². The van der Waals surface area contributed by atoms with Crippen LogP contribution in [0.3, 0.4) is 0 Å². The Morgan fingerprint density at radius 3 is 2.93 bits per heavy atom. The zero-order chi connectivity index (χ0) is 10.3. The molecule has 0 amide bonds. The average Bonchev–Trinajstić information content (AvgIpc) is 2.57. The van der Waals surface area contributed by atoms with E-state index in [1.54, 1.807) is 6.07 Å². The van der Waals surface area contributed by atoms with Crippen molar-refractivity contribution in [2.75, 3.05) is 5.73 Å². The second-order valence-electron chi connectivity index (χ2n) is 3.43. The van der Waals surface area contributed by atoms with Crippen molar-refractivity contribution in [3.05, 3.63) is 23.3 Å². The van der Waals surface area contributed by atoms with Crippen LogP contribution in [0, 0.1) is 6.92 Å². The minimum Gasteiger partial charge on any atom is -0.478 e. The molecule has 0 saturated carbocycles. The average molecular weight is 193 g/mol. The first-order valence-corrected chi connectivity index (χ1v) is 4.37. The smallest absolute Gasteiger partial charge is 0.345 e. The molecule has 1 heterocycles. The van der Waals surface area contributed by atoms with Crippen LogP contribution in [-0.4, -0.2) is 17.2 Å². The number of aryl methyl sites for hydroxylation is 1. The van der Waals surface area contributed by atoms with Crippen molar-refractivity contribution < 1.29 is 14.6 Å². The highest BCUT2D eigenvalue weighted by Crippen LogP contribution is 2.36. The number of nitrogen functional groups attached to an aromatic ring is 1. The van der Waals surface area contributed by atoms with Gasteiger partial charge in [-0.2, -0.15) is 0 Å². The summed E-state index contributed by atoms with van der Waals surface area (Å²) in [4.78, 5) is 10.7. The molecule has 3 N–H and O–H groups in total. The molecule has 14 heavy (non-hydrogen) atoms. The Bertz CT molecular complexity index is 370. The second-order valence-corrected chi connectivity index (χ2v) is 3.43. The Hall–Kier alpha value is -1.71. The van der Waals surface area contributed by atoms with Crippen LogP contribution in [0.4, 0.5) is 5.69 Å². The molecule has 0 spiro atoms. The molecule has 4 heteroatoms. The van der Waals surface area contributed by atoms with E-state index >= 15 is 0 Å². The van der Waals surface area contributed by atoms with Crippen LogP contribution in [0.5, 0.6) is 5.75 Å². The van der Waals surface area contributed by atoms with E-state index in [2.05, 4.69) is 0 Å². The molecular formula is C10H11NO3. The van der Waals surface area contributed by atoms with Gasteiger partial charge in [0.2, 0.25) is 0 Å². The van der Waals surface area contributed by atoms with Crippen molar-refractivity contribution in [1.82, 2.24) is 0 Å². The van der Waals surface area contributed by atoms with Gasteiger partial charge in [-0.05, 0) is 18.6 Å². The number of rotatable bonds is 1. The highest BCUT2D eigenvalue weighted by molar-refractivity contribution is 5.76. The Labute approximate surface area is 81.3 Å². The molecule has 4 nitrogen and oxygen atoms in total. The van der Waals surface area contributed by atoms with E-state index < -0.39 is 12.1 Å². The van der Waals surface area contributed by atoms with Gasteiger partial charge in [-0.3, -0.25) is 0 Å². The normalized spacial score (nSPS) is 18.8. The first-order valence-electron chi connectivity index (χ1n) is 4.37. The third-order valence-electron chi connectivity index (χ3n) is 2.42. The summed E-state index contributed by atoms with van der Waals surface area (Å²) in [6, 6.07) is 3.61. The van der Waals surface area contributed by atoms with Crippen LogP contribution < -0.4 is 10.5 Å². The lowest BCUT2D eigenvalue weighted by Crippen LogP contribution is -2.24. The molecule has 1 aliphatic rings. The maximum atomic E-state index is 10.7. The summed E-state index contributed by atoms with van der Waals surface area (Å²) in [5.74, 6) is -0.308. The van der Waals surface area contributed by atoms with Gasteiger partial charge >= 0.3 is 5.97 Å². The van der Waals surface area contributed by atoms with E-state index in [0.717, 1.165) is 11.1 Å². The number of carboxylic acid groups (broad SMARTS) is 1. The summed E-state index contributed by atoms with van der Waals surface area (Å²) in [6.07, 6.45) is -0.425. The third-order valence-corrected chi connectivity index (χ3v) is 2.42. The van der Waals surface area contributed by atoms with Crippen LogP contribution in [0.25, 0.3) is 0 Å². The molecule has 1 atom stereocenters. The van der Waals surface area contributed by atoms with E-state index in [0.29, 0.717) is 17.9 Å². The molecule has 0 aliphatic carbocycles. The largest absolute Gasteiger partial charge is 0.478 e. The molecule has 0 aromatic heterocycles. The number of carboxylic acids is 1. The third kappa shape index (κ3) is 1.19. The Balaban J connectivity index is 2.43. The van der Waals surface area contributed by atoms with Crippen molar-refractivity contribution >= 4 is 11.7 Å². The SMILES string of the molecule is Cc1ccc(N)c2c1OC(C(=O)O)C2. The monoisotopic (exact) mass is 193 g/mol. The number of nitrogens with two attached hydrogens (primary N) is 1. The molecule has 1 aromatic rings. The van der Waals surface area contributed by atoms with E-state index in [9.17, 15) is 4.79 Å². The highest BCUT2D eigenvalue weighted by Gasteiger charge is 2.31. The Kier molecular flexibility index (Phi) is 1.84. The van der Waals surface area contributed by atoms with Crippen molar-refractivity contribution in [1.29, 1.82) is 0 Å². The number of aliphatic carboxylic acids is 1. The van der Waals surface area contributed by atoms with Crippen LogP contribution in [0.1, 0.15) is 11.1 Å². The van der Waals surface area contributed by atoms with Crippen molar-refractivity contribution in [2.24, 2.45) is 0 Å². The second kappa shape index (κ2) is 2.90. The number of hydrogen-bond donors (Lipinski definition) is 2. The Morgan fingerprint density at radius 2 is 2.36 bits per heavy atom. The molecule has 0 saturated heterocycles. The van der Waals surface area contributed by atoms with E-state index in [4.69, 9.17) is 15.6 Å². The van der Waals surface area contributed by atoms with Gasteiger partial charge < -0.3 is 15.6 Å². The standard InChI is InChI=1S/C10H11NO3/c1-5-2-3-7(11)6-4-8(10(12)13)14-9(5)6/h2-3,8H,4,11H2,1H3,(H,12,13). The van der Waals surface area contributed by atoms with Crippen LogP contribution in [-0.2, 0) is 11.2 Å². The van der Waals surface area contributed by atoms with Gasteiger partial charge in [0, 0.05) is 17.7 Å². The predicted molar refractivity (Wildman–Crippen MR) is 51.3 cm³/mol. The molecule has 0 bridgehead atoms. The molecule has 0 radical (unpaired) electrons. The fraction of sp³-hybridized carbons (Fsp3) is 0.300. The molecule has 1 unspecified atom stereocenters. The lowest BCUT2D eigenvalue weighted by atomic mass is 10.1. The summed E-state index contributed by atoms with van der Waals surface area (Å²) in [6.45, 7) is 1.88. The number of ether oxygens (including phenoxy) is 1. The number of fused-ring (bicyclic) bond motifs is 1. The van der Waals surface area contributed by atoms with Crippen LogP contribution >= 0.6 is 0 Å². The number of anilines is 1. The van der Waals surface area contributed by atoms with Gasteiger partial charge in [0.1, 0.15) is 5.75 Å². The summed E-state index contributed by atoms with van der Waals surface area (Å²) in [5.41, 5.74) is 8.08. The quantitative estimate of drug-likeness (QED) is 0.652. The van der Waals surface area contributed by atoms with E-state index in [1.165, 1.54) is 0 Å². The zero-order valence-corrected chi connectivity index (χ0v) is 7.78. The van der Waals surface area contributed by atoms with Crippen molar-refractivity contribution in [3.8, 4) is 5.75 Å². The molecule has 1 aromatic carbocycles. The fourth-order valence-electron chi connectivity index (χ4n) is 1.64. The molecule has 74 valence electrons. The molecule has 1 aliphatic heterocycles. The lowest BCUT2D eigenvalue weighted by Gasteiger charge is -2.06. The van der Waals surface area contributed by atoms with Gasteiger partial charge in [0.05, 0.1) is 0 Å². The predicted octanol–water partition coefficient (Wildman–Crippen LogP) is 0.965. The zero-order valence-electron chi connectivity index (χ0n) is 7.78. The molecular weight excluding hydrogens is 182 g/mol. The highest BCUT2D eigenvalue weighted by atomic mass is 16.5. The summed E-state index contributed by atoms with van der Waals surface area (Å²) < 4.78 is 5.30. The number of benzene rings is 1.